The van der Waals surface area contributed by atoms with Crippen molar-refractivity contribution in [2.75, 3.05) is 0 Å². The molecule has 2 saturated carbocycles. The van der Waals surface area contributed by atoms with Crippen molar-refractivity contribution >= 4 is 0 Å². The van der Waals surface area contributed by atoms with Gasteiger partial charge in [-0.25, -0.2) is 0 Å². The summed E-state index contributed by atoms with van der Waals surface area (Å²) in [5.74, 6) is 1.37. The number of rotatable bonds is 11. The molecule has 2 aliphatic carbocycles. The predicted octanol–water partition coefficient (Wildman–Crippen LogP) is 11.0. The van der Waals surface area contributed by atoms with Crippen LogP contribution in [-0.2, 0) is 0 Å². The van der Waals surface area contributed by atoms with Crippen molar-refractivity contribution in [1.82, 2.24) is 0 Å². The maximum absolute atomic E-state index is 10.3. The summed E-state index contributed by atoms with van der Waals surface area (Å²) in [6.07, 6.45) is 37.9. The Morgan fingerprint density at radius 2 is 0.864 bits per heavy atom. The Balaban J connectivity index is 1.84. The molecule has 2 nitrogen and oxygen atoms in total. The Kier molecular flexibility index (Phi) is 15.1. The van der Waals surface area contributed by atoms with Crippen molar-refractivity contribution in [1.29, 1.82) is 0 Å². The first-order valence-corrected chi connectivity index (χ1v) is 16.7. The van der Waals surface area contributed by atoms with E-state index in [1.54, 1.807) is 0 Å². The highest BCUT2D eigenvalue weighted by molar-refractivity contribution is 5.32. The van der Waals surface area contributed by atoms with Crippen LogP contribution < -0.4 is 0 Å². The van der Waals surface area contributed by atoms with Crippen LogP contribution in [0.25, 0.3) is 0 Å². The SMILES string of the molecule is CC(=C/C=C/C(C)=C/C=C/C=C(C)/C=C/C=C(C)\C=C\[C@H]1[C@H](C)[C@@H](O)CCC1(C)C)/C=C/C=C/[C@H]1[C@H](C)[C@@H](O)CCC1(C)C. The van der Waals surface area contributed by atoms with Gasteiger partial charge in [-0.3, -0.25) is 0 Å². The topological polar surface area (TPSA) is 40.5 Å². The van der Waals surface area contributed by atoms with E-state index in [9.17, 15) is 10.2 Å². The molecule has 0 amide bonds. The third-order valence-corrected chi connectivity index (χ3v) is 9.94. The number of aliphatic hydroxyl groups is 2. The molecule has 2 fully saturated rings. The summed E-state index contributed by atoms with van der Waals surface area (Å²) in [7, 11) is 0. The van der Waals surface area contributed by atoms with E-state index in [0.717, 1.165) is 25.7 Å². The van der Waals surface area contributed by atoms with Crippen LogP contribution >= 0.6 is 0 Å². The summed E-state index contributed by atoms with van der Waals surface area (Å²) in [5.41, 5.74) is 5.25. The third-order valence-electron chi connectivity index (χ3n) is 9.94. The van der Waals surface area contributed by atoms with E-state index in [2.05, 4.69) is 166 Å². The van der Waals surface area contributed by atoms with Crippen LogP contribution in [0.15, 0.2) is 120 Å². The molecule has 0 spiro atoms. The summed E-state index contributed by atoms with van der Waals surface area (Å²) in [4.78, 5) is 0. The van der Waals surface area contributed by atoms with E-state index in [-0.39, 0.29) is 23.0 Å². The third kappa shape index (κ3) is 12.4. The molecule has 0 aromatic carbocycles. The first-order chi connectivity index (χ1) is 20.6. The second kappa shape index (κ2) is 17.7. The normalized spacial score (nSPS) is 31.2. The lowest BCUT2D eigenvalue weighted by Gasteiger charge is -2.44. The standard InChI is InChI=1S/C42H62O2/c1-31(20-15-21-33(3)19-13-14-24-37-35(5)39(43)27-29-41(37,7)8)17-11-12-18-32(2)22-16-23-34(4)25-26-38-36(6)40(44)28-30-42(38,9)10/h11-26,35-40,43-44H,27-30H2,1-10H3/b12-11+,19-13+,20-15+,22-16+,24-14+,26-25+,31-17+,32-18+,33-21-,34-23-/t35-,36-,37-,38-,39-,40-/m0/s1. The van der Waals surface area contributed by atoms with Gasteiger partial charge in [0.15, 0.2) is 0 Å². The Labute approximate surface area is 270 Å². The summed E-state index contributed by atoms with van der Waals surface area (Å²) in [6.45, 7) is 22.1. The molecule has 2 heteroatoms. The average Bonchev–Trinajstić information content (AvgIpc) is 2.95. The van der Waals surface area contributed by atoms with Crippen molar-refractivity contribution in [2.45, 2.75) is 107 Å². The van der Waals surface area contributed by atoms with Crippen molar-refractivity contribution in [3.05, 3.63) is 120 Å². The molecular formula is C42H62O2. The minimum atomic E-state index is -0.195. The second-order valence-electron chi connectivity index (χ2n) is 14.8. The number of aliphatic hydroxyl groups excluding tert-OH is 2. The average molecular weight is 599 g/mol. The van der Waals surface area contributed by atoms with Gasteiger partial charge in [0.05, 0.1) is 12.2 Å². The Bertz CT molecular complexity index is 1220. The fourth-order valence-corrected chi connectivity index (χ4v) is 6.66. The monoisotopic (exact) mass is 598 g/mol. The van der Waals surface area contributed by atoms with Gasteiger partial charge < -0.3 is 10.2 Å². The smallest absolute Gasteiger partial charge is 0.0571 e. The number of allylic oxidation sites excluding steroid dienone is 20. The first-order valence-electron chi connectivity index (χ1n) is 16.7. The van der Waals surface area contributed by atoms with E-state index in [1.807, 2.05) is 0 Å². The maximum atomic E-state index is 10.3. The number of hydrogen-bond acceptors (Lipinski definition) is 2. The fourth-order valence-electron chi connectivity index (χ4n) is 6.66. The van der Waals surface area contributed by atoms with Crippen LogP contribution in [0.3, 0.4) is 0 Å². The molecule has 242 valence electrons. The van der Waals surface area contributed by atoms with E-state index in [0.29, 0.717) is 23.7 Å². The Morgan fingerprint density at radius 3 is 1.32 bits per heavy atom. The van der Waals surface area contributed by atoms with E-state index >= 15 is 0 Å². The minimum Gasteiger partial charge on any atom is -0.393 e. The highest BCUT2D eigenvalue weighted by Crippen LogP contribution is 2.45. The lowest BCUT2D eigenvalue weighted by molar-refractivity contribution is -0.00432. The van der Waals surface area contributed by atoms with Gasteiger partial charge in [-0.05, 0) is 87.9 Å². The van der Waals surface area contributed by atoms with Gasteiger partial charge in [0, 0.05) is 0 Å². The van der Waals surface area contributed by atoms with Gasteiger partial charge >= 0.3 is 0 Å². The van der Waals surface area contributed by atoms with Crippen LogP contribution in [0.1, 0.15) is 94.9 Å². The van der Waals surface area contributed by atoms with Gasteiger partial charge in [0.2, 0.25) is 0 Å². The molecule has 0 bridgehead atoms. The highest BCUT2D eigenvalue weighted by atomic mass is 16.3. The second-order valence-corrected chi connectivity index (χ2v) is 14.8. The largest absolute Gasteiger partial charge is 0.393 e. The molecule has 0 unspecified atom stereocenters. The zero-order chi connectivity index (χ0) is 32.9. The lowest BCUT2D eigenvalue weighted by Crippen LogP contribution is -2.40. The molecule has 2 aliphatic rings. The Morgan fingerprint density at radius 1 is 0.500 bits per heavy atom. The van der Waals surface area contributed by atoms with Gasteiger partial charge in [-0.1, -0.05) is 161 Å². The van der Waals surface area contributed by atoms with Crippen molar-refractivity contribution in [2.24, 2.45) is 34.5 Å². The molecule has 2 rings (SSSR count). The van der Waals surface area contributed by atoms with Crippen LogP contribution in [0.4, 0.5) is 0 Å². The molecule has 0 aromatic rings. The van der Waals surface area contributed by atoms with Crippen molar-refractivity contribution in [3.8, 4) is 0 Å². The zero-order valence-electron chi connectivity index (χ0n) is 29.4. The molecular weight excluding hydrogens is 536 g/mol. The maximum Gasteiger partial charge on any atom is 0.0571 e. The molecule has 2 N–H and O–H groups in total. The molecule has 0 saturated heterocycles. The quantitative estimate of drug-likeness (QED) is 0.232. The van der Waals surface area contributed by atoms with Crippen molar-refractivity contribution < 1.29 is 10.2 Å². The van der Waals surface area contributed by atoms with Crippen molar-refractivity contribution in [3.63, 3.8) is 0 Å². The van der Waals surface area contributed by atoms with Gasteiger partial charge in [-0.2, -0.15) is 0 Å². The molecule has 0 aromatic heterocycles. The minimum absolute atomic E-state index is 0.192. The summed E-state index contributed by atoms with van der Waals surface area (Å²) in [5, 5.41) is 20.6. The summed E-state index contributed by atoms with van der Waals surface area (Å²) >= 11 is 0. The van der Waals surface area contributed by atoms with E-state index in [1.165, 1.54) is 22.3 Å². The molecule has 0 radical (unpaired) electrons. The van der Waals surface area contributed by atoms with Gasteiger partial charge in [-0.15, -0.1) is 0 Å². The predicted molar refractivity (Wildman–Crippen MR) is 193 cm³/mol. The van der Waals surface area contributed by atoms with Crippen LogP contribution in [0, 0.1) is 34.5 Å². The molecule has 0 heterocycles. The van der Waals surface area contributed by atoms with Gasteiger partial charge in [0.25, 0.3) is 0 Å². The zero-order valence-corrected chi connectivity index (χ0v) is 29.4. The first kappa shape index (κ1) is 37.5. The van der Waals surface area contributed by atoms with Crippen LogP contribution in [0.5, 0.6) is 0 Å². The summed E-state index contributed by atoms with van der Waals surface area (Å²) < 4.78 is 0. The fraction of sp³-hybridized carbons (Fsp3) is 0.524. The molecule has 44 heavy (non-hydrogen) atoms. The molecule has 6 atom stereocenters. The van der Waals surface area contributed by atoms with Gasteiger partial charge in [0.1, 0.15) is 0 Å². The van der Waals surface area contributed by atoms with E-state index in [4.69, 9.17) is 0 Å². The van der Waals surface area contributed by atoms with E-state index < -0.39 is 0 Å². The Hall–Kier alpha value is -2.68. The van der Waals surface area contributed by atoms with Crippen LogP contribution in [-0.4, -0.2) is 22.4 Å². The van der Waals surface area contributed by atoms with Crippen LogP contribution in [0.2, 0.25) is 0 Å². The highest BCUT2D eigenvalue weighted by Gasteiger charge is 2.40. The lowest BCUT2D eigenvalue weighted by atomic mass is 9.63. The summed E-state index contributed by atoms with van der Waals surface area (Å²) in [6, 6.07) is 0. The number of hydrogen-bond donors (Lipinski definition) is 2. The molecule has 0 aliphatic heterocycles.